The average molecular weight is 524 g/mol. The summed E-state index contributed by atoms with van der Waals surface area (Å²) >= 11 is 5.90. The summed E-state index contributed by atoms with van der Waals surface area (Å²) in [6.45, 7) is 2.60. The minimum absolute atomic E-state index is 0.164. The zero-order valence-corrected chi connectivity index (χ0v) is 21.7. The Hall–Kier alpha value is -3.69. The van der Waals surface area contributed by atoms with Crippen molar-refractivity contribution in [3.8, 4) is 0 Å². The van der Waals surface area contributed by atoms with Crippen molar-refractivity contribution in [3.05, 3.63) is 76.1 Å². The number of carboxylic acids is 1. The van der Waals surface area contributed by atoms with E-state index in [0.29, 0.717) is 65.5 Å². The molecule has 2 aromatic carbocycles. The number of aromatic nitrogens is 2. The Balaban J connectivity index is 1.57. The van der Waals surface area contributed by atoms with Crippen molar-refractivity contribution in [2.24, 2.45) is 0 Å². The largest absolute Gasteiger partial charge is 0.481 e. The van der Waals surface area contributed by atoms with Crippen LogP contribution in [0.3, 0.4) is 0 Å². The lowest BCUT2D eigenvalue weighted by molar-refractivity contribution is -0.136. The molecule has 10 heteroatoms. The monoisotopic (exact) mass is 523 g/mol. The predicted octanol–water partition coefficient (Wildman–Crippen LogP) is 3.89. The van der Waals surface area contributed by atoms with Gasteiger partial charge in [-0.1, -0.05) is 23.7 Å². The molecule has 0 spiro atoms. The topological polar surface area (TPSA) is 108 Å². The molecule has 1 fully saturated rings. The fourth-order valence-electron chi connectivity index (χ4n) is 4.18. The lowest BCUT2D eigenvalue weighted by Gasteiger charge is -2.27. The van der Waals surface area contributed by atoms with Gasteiger partial charge in [-0.2, -0.15) is 0 Å². The van der Waals surface area contributed by atoms with E-state index in [4.69, 9.17) is 26.3 Å². The lowest BCUT2D eigenvalue weighted by atomic mass is 10.1. The Bertz CT molecular complexity index is 1240. The van der Waals surface area contributed by atoms with Gasteiger partial charge in [-0.15, -0.1) is 0 Å². The van der Waals surface area contributed by atoms with Crippen LogP contribution in [-0.2, 0) is 22.4 Å². The average Bonchev–Trinajstić information content (AvgIpc) is 3.15. The van der Waals surface area contributed by atoms with Gasteiger partial charge in [0.15, 0.2) is 0 Å². The first-order valence-electron chi connectivity index (χ1n) is 12.1. The summed E-state index contributed by atoms with van der Waals surface area (Å²) in [4.78, 5) is 37.7. The van der Waals surface area contributed by atoms with E-state index in [9.17, 15) is 14.7 Å². The van der Waals surface area contributed by atoms with Crippen LogP contribution >= 0.6 is 11.6 Å². The molecule has 0 bridgehead atoms. The fourth-order valence-corrected chi connectivity index (χ4v) is 4.30. The van der Waals surface area contributed by atoms with Crippen molar-refractivity contribution in [3.63, 3.8) is 0 Å². The molecule has 9 nitrogen and oxygen atoms in total. The predicted molar refractivity (Wildman–Crippen MR) is 144 cm³/mol. The number of carbonyl (C=O) groups is 2. The van der Waals surface area contributed by atoms with Gasteiger partial charge in [-0.25, -0.2) is 9.97 Å². The van der Waals surface area contributed by atoms with E-state index in [1.807, 2.05) is 43.3 Å². The summed E-state index contributed by atoms with van der Waals surface area (Å²) < 4.78 is 5.60. The van der Waals surface area contributed by atoms with Crippen LogP contribution in [0.15, 0.2) is 48.5 Å². The molecule has 0 radical (unpaired) electrons. The maximum atomic E-state index is 12.5. The Labute approximate surface area is 221 Å². The normalized spacial score (nSPS) is 13.6. The molecule has 0 aliphatic carbocycles. The van der Waals surface area contributed by atoms with Crippen LogP contribution in [0, 0.1) is 0 Å². The van der Waals surface area contributed by atoms with Crippen LogP contribution in [0.5, 0.6) is 0 Å². The fraction of sp³-hybridized carbons (Fsp3) is 0.333. The minimum Gasteiger partial charge on any atom is -0.481 e. The van der Waals surface area contributed by atoms with E-state index < -0.39 is 5.97 Å². The third kappa shape index (κ3) is 6.96. The quantitative estimate of drug-likeness (QED) is 0.458. The van der Waals surface area contributed by atoms with Crippen LogP contribution in [0.1, 0.15) is 33.7 Å². The second kappa shape index (κ2) is 12.0. The van der Waals surface area contributed by atoms with E-state index in [-0.39, 0.29) is 12.3 Å². The Morgan fingerprint density at radius 1 is 1.05 bits per heavy atom. The Kier molecular flexibility index (Phi) is 8.58. The van der Waals surface area contributed by atoms with Crippen molar-refractivity contribution in [2.45, 2.75) is 19.3 Å². The van der Waals surface area contributed by atoms with Gasteiger partial charge in [0.2, 0.25) is 0 Å². The van der Waals surface area contributed by atoms with Gasteiger partial charge in [0.25, 0.3) is 5.91 Å². The highest BCUT2D eigenvalue weighted by Crippen LogP contribution is 2.29. The highest BCUT2D eigenvalue weighted by molar-refractivity contribution is 6.30. The zero-order valence-electron chi connectivity index (χ0n) is 20.9. The number of benzene rings is 2. The number of carbonyl (C=O) groups excluding carboxylic acids is 1. The first-order chi connectivity index (χ1) is 17.8. The molecular formula is C27H30ClN5O4. The number of amides is 1. The molecule has 2 heterocycles. The van der Waals surface area contributed by atoms with Crippen LogP contribution in [0.2, 0.25) is 5.02 Å². The Morgan fingerprint density at radius 3 is 2.46 bits per heavy atom. The summed E-state index contributed by atoms with van der Waals surface area (Å²) in [5.74, 6) is 0.690. The van der Waals surface area contributed by atoms with E-state index in [2.05, 4.69) is 10.2 Å². The van der Waals surface area contributed by atoms with Crippen molar-refractivity contribution >= 4 is 40.8 Å². The molecule has 1 aliphatic rings. The molecule has 1 saturated heterocycles. The number of hydrogen-bond acceptors (Lipinski definition) is 7. The summed E-state index contributed by atoms with van der Waals surface area (Å²) in [6.07, 6.45) is 1.13. The third-order valence-electron chi connectivity index (χ3n) is 5.96. The number of carboxylic acid groups (broad SMARTS) is 1. The minimum atomic E-state index is -0.928. The van der Waals surface area contributed by atoms with Gasteiger partial charge in [-0.3, -0.25) is 9.59 Å². The molecule has 37 heavy (non-hydrogen) atoms. The number of nitrogens with zero attached hydrogens (tertiary/aromatic N) is 4. The van der Waals surface area contributed by atoms with Crippen LogP contribution < -0.4 is 15.1 Å². The standard InChI is InChI=1S/C27H30ClN5O4/c1-32(2)25-22(17-24(34)35)26(33-12-3-14-37-15-13-33)31-23(30-25)16-18-4-10-21(11-5-18)29-27(36)19-6-8-20(28)9-7-19/h4-11H,3,12-17H2,1-2H3,(H,29,36)(H,34,35). The van der Waals surface area contributed by atoms with Gasteiger partial charge in [0.05, 0.1) is 13.0 Å². The van der Waals surface area contributed by atoms with E-state index in [0.717, 1.165) is 18.5 Å². The van der Waals surface area contributed by atoms with E-state index in [1.54, 1.807) is 24.3 Å². The smallest absolute Gasteiger partial charge is 0.308 e. The van der Waals surface area contributed by atoms with Gasteiger partial charge in [-0.05, 0) is 48.4 Å². The molecule has 0 atom stereocenters. The van der Waals surface area contributed by atoms with Gasteiger partial charge < -0.3 is 25.0 Å². The molecule has 1 amide bonds. The maximum absolute atomic E-state index is 12.5. The number of aliphatic carboxylic acids is 1. The second-order valence-electron chi connectivity index (χ2n) is 9.02. The van der Waals surface area contributed by atoms with Gasteiger partial charge >= 0.3 is 5.97 Å². The van der Waals surface area contributed by atoms with Crippen LogP contribution in [0.4, 0.5) is 17.3 Å². The second-order valence-corrected chi connectivity index (χ2v) is 9.45. The van der Waals surface area contributed by atoms with Gasteiger partial charge in [0, 0.05) is 62.0 Å². The molecular weight excluding hydrogens is 494 g/mol. The van der Waals surface area contributed by atoms with Crippen molar-refractivity contribution in [2.75, 3.05) is 55.5 Å². The maximum Gasteiger partial charge on any atom is 0.308 e. The summed E-state index contributed by atoms with van der Waals surface area (Å²) in [7, 11) is 3.70. The number of anilines is 3. The number of ether oxygens (including phenoxy) is 1. The number of hydrogen-bond donors (Lipinski definition) is 2. The van der Waals surface area contributed by atoms with Crippen LogP contribution in [-0.4, -0.2) is 67.3 Å². The molecule has 1 aliphatic heterocycles. The van der Waals surface area contributed by atoms with Crippen molar-refractivity contribution < 1.29 is 19.4 Å². The SMILES string of the molecule is CN(C)c1nc(Cc2ccc(NC(=O)c3ccc(Cl)cc3)cc2)nc(N2CCCOCC2)c1CC(=O)O. The Morgan fingerprint density at radius 2 is 1.78 bits per heavy atom. The van der Waals surface area contributed by atoms with Gasteiger partial charge in [0.1, 0.15) is 17.5 Å². The number of nitrogens with one attached hydrogen (secondary N) is 1. The zero-order chi connectivity index (χ0) is 26.4. The first kappa shape index (κ1) is 26.4. The lowest BCUT2D eigenvalue weighted by Crippen LogP contribution is -2.30. The number of rotatable bonds is 8. The highest BCUT2D eigenvalue weighted by Gasteiger charge is 2.23. The molecule has 4 rings (SSSR count). The summed E-state index contributed by atoms with van der Waals surface area (Å²) in [6, 6.07) is 14.2. The van der Waals surface area contributed by atoms with Crippen molar-refractivity contribution in [1.82, 2.24) is 9.97 Å². The highest BCUT2D eigenvalue weighted by atomic mass is 35.5. The summed E-state index contributed by atoms with van der Waals surface area (Å²) in [5.41, 5.74) is 2.75. The molecule has 194 valence electrons. The first-order valence-corrected chi connectivity index (χ1v) is 12.5. The van der Waals surface area contributed by atoms with E-state index in [1.165, 1.54) is 0 Å². The molecule has 0 saturated carbocycles. The molecule has 2 N–H and O–H groups in total. The van der Waals surface area contributed by atoms with Crippen LogP contribution in [0.25, 0.3) is 0 Å². The third-order valence-corrected chi connectivity index (χ3v) is 6.22. The molecule has 0 unspecified atom stereocenters. The molecule has 3 aromatic rings. The number of halogens is 1. The van der Waals surface area contributed by atoms with E-state index >= 15 is 0 Å². The molecule has 1 aromatic heterocycles. The summed E-state index contributed by atoms with van der Waals surface area (Å²) in [5, 5.41) is 13.0. The van der Waals surface area contributed by atoms with Crippen molar-refractivity contribution in [1.29, 1.82) is 0 Å².